The fourth-order valence-electron chi connectivity index (χ4n) is 11.1. The lowest BCUT2D eigenvalue weighted by Gasteiger charge is -2.30. The quantitative estimate of drug-likeness (QED) is 0.178. The van der Waals surface area contributed by atoms with Crippen molar-refractivity contribution < 1.29 is 8.83 Å². The zero-order chi connectivity index (χ0) is 40.8. The first-order valence-electron chi connectivity index (χ1n) is 21.3. The lowest BCUT2D eigenvalue weighted by molar-refractivity contribution is 0.660. The van der Waals surface area contributed by atoms with Gasteiger partial charge in [0, 0.05) is 49.5 Å². The van der Waals surface area contributed by atoms with Crippen LogP contribution in [0.1, 0.15) is 49.9 Å². The first-order chi connectivity index (χ1) is 29.8. The van der Waals surface area contributed by atoms with E-state index in [-0.39, 0.29) is 10.8 Å². The normalized spacial score (nSPS) is 14.5. The van der Waals surface area contributed by atoms with Gasteiger partial charge in [-0.1, -0.05) is 155 Å². The third-order valence-corrected chi connectivity index (χ3v) is 14.1. The van der Waals surface area contributed by atoms with E-state index < -0.39 is 0 Å². The van der Waals surface area contributed by atoms with Crippen molar-refractivity contribution in [2.45, 2.75) is 38.5 Å². The Kier molecular flexibility index (Phi) is 6.85. The molecule has 0 N–H and O–H groups in total. The van der Waals surface area contributed by atoms with Crippen LogP contribution in [0.2, 0.25) is 0 Å². The number of hydrogen-bond donors (Lipinski definition) is 0. The van der Waals surface area contributed by atoms with Crippen LogP contribution in [0.5, 0.6) is 0 Å². The summed E-state index contributed by atoms with van der Waals surface area (Å²) in [6.07, 6.45) is 0. The lowest BCUT2D eigenvalue weighted by Crippen LogP contribution is -2.18. The van der Waals surface area contributed by atoms with Gasteiger partial charge >= 0.3 is 0 Å². The molecule has 9 aromatic carbocycles. The van der Waals surface area contributed by atoms with Gasteiger partial charge in [-0.25, -0.2) is 0 Å². The number of para-hydroxylation sites is 2. The Balaban J connectivity index is 1.10. The van der Waals surface area contributed by atoms with Gasteiger partial charge in [0.1, 0.15) is 22.3 Å². The number of anilines is 3. The van der Waals surface area contributed by atoms with Crippen molar-refractivity contribution >= 4 is 71.7 Å². The Labute approximate surface area is 354 Å². The van der Waals surface area contributed by atoms with E-state index in [1.165, 1.54) is 44.5 Å². The van der Waals surface area contributed by atoms with Crippen LogP contribution in [0, 0.1) is 0 Å². The summed E-state index contributed by atoms with van der Waals surface area (Å²) < 4.78 is 13.9. The smallest absolute Gasteiger partial charge is 0.144 e. The highest BCUT2D eigenvalue weighted by Crippen LogP contribution is 2.55. The Hall–Kier alpha value is -7.36. The molecule has 2 aliphatic rings. The highest BCUT2D eigenvalue weighted by molar-refractivity contribution is 6.24. The molecule has 3 heteroatoms. The number of hydrogen-bond acceptors (Lipinski definition) is 3. The predicted octanol–water partition coefficient (Wildman–Crippen LogP) is 16.4. The topological polar surface area (TPSA) is 29.5 Å². The van der Waals surface area contributed by atoms with Gasteiger partial charge in [0.05, 0.1) is 11.1 Å². The third-order valence-electron chi connectivity index (χ3n) is 14.1. The summed E-state index contributed by atoms with van der Waals surface area (Å²) >= 11 is 0. The van der Waals surface area contributed by atoms with E-state index in [2.05, 4.69) is 202 Å². The number of furan rings is 2. The standard InChI is InChI=1S/C58H41NO2/c1-57(2)46-22-10-7-17-38(46)40-29-27-35(32-48(40)57)59(36-28-30-41-39-18-8-11-23-47(39)58(3,4)49(41)33-36)50-24-14-26-52-54(50)45-31-34-15-5-6-16-37(34)53(56(45)61-52)44-21-13-20-43-42-19-9-12-25-51(42)60-55(43)44/h5-33H,1-4H3. The molecule has 0 radical (unpaired) electrons. The monoisotopic (exact) mass is 783 g/mol. The average Bonchev–Trinajstić information content (AvgIpc) is 3.99. The van der Waals surface area contributed by atoms with E-state index in [9.17, 15) is 0 Å². The number of benzene rings is 9. The van der Waals surface area contributed by atoms with Crippen LogP contribution in [0.3, 0.4) is 0 Å². The highest BCUT2D eigenvalue weighted by Gasteiger charge is 2.38. The maximum absolute atomic E-state index is 7.16. The molecule has 0 bridgehead atoms. The maximum atomic E-state index is 7.16. The molecular weight excluding hydrogens is 743 g/mol. The fraction of sp³-hybridized carbons (Fsp3) is 0.103. The van der Waals surface area contributed by atoms with Crippen LogP contribution >= 0.6 is 0 Å². The van der Waals surface area contributed by atoms with Crippen LogP contribution in [0.15, 0.2) is 185 Å². The molecule has 0 amide bonds. The van der Waals surface area contributed by atoms with Crippen molar-refractivity contribution in [3.05, 3.63) is 198 Å². The highest BCUT2D eigenvalue weighted by atomic mass is 16.3. The Bertz CT molecular complexity index is 3560. The second-order valence-corrected chi connectivity index (χ2v) is 18.0. The van der Waals surface area contributed by atoms with Crippen molar-refractivity contribution in [2.24, 2.45) is 0 Å². The minimum Gasteiger partial charge on any atom is -0.455 e. The third kappa shape index (κ3) is 4.64. The van der Waals surface area contributed by atoms with E-state index in [4.69, 9.17) is 8.83 Å². The van der Waals surface area contributed by atoms with Crippen molar-refractivity contribution in [3.8, 4) is 33.4 Å². The summed E-state index contributed by atoms with van der Waals surface area (Å²) in [5.74, 6) is 0. The number of rotatable bonds is 4. The van der Waals surface area contributed by atoms with Gasteiger partial charge in [-0.3, -0.25) is 0 Å². The molecule has 2 aromatic heterocycles. The fourth-order valence-corrected chi connectivity index (χ4v) is 11.1. The number of fused-ring (bicyclic) bond motifs is 13. The largest absolute Gasteiger partial charge is 0.455 e. The summed E-state index contributed by atoms with van der Waals surface area (Å²) in [6.45, 7) is 9.45. The van der Waals surface area contributed by atoms with Crippen LogP contribution in [-0.2, 0) is 10.8 Å². The molecule has 61 heavy (non-hydrogen) atoms. The number of nitrogens with zero attached hydrogens (tertiary/aromatic N) is 1. The van der Waals surface area contributed by atoms with Gasteiger partial charge in [0.15, 0.2) is 0 Å². The summed E-state index contributed by atoms with van der Waals surface area (Å²) in [5.41, 5.74) is 19.1. The van der Waals surface area contributed by atoms with E-state index in [0.717, 1.165) is 82.8 Å². The molecule has 2 aliphatic carbocycles. The molecule has 0 atom stereocenters. The van der Waals surface area contributed by atoms with Crippen LogP contribution in [-0.4, -0.2) is 0 Å². The van der Waals surface area contributed by atoms with Gasteiger partial charge < -0.3 is 13.7 Å². The van der Waals surface area contributed by atoms with Gasteiger partial charge in [-0.15, -0.1) is 0 Å². The molecular formula is C58H41NO2. The first kappa shape index (κ1) is 34.5. The SMILES string of the molecule is CC1(C)c2ccccc2-c2ccc(N(c3ccc4c(c3)C(C)(C)c3ccccc3-4)c3cccc4oc5c(-c6cccc7c6oc6ccccc67)c6ccccc6cc5c34)cc21. The molecule has 0 aliphatic heterocycles. The minimum atomic E-state index is -0.158. The van der Waals surface area contributed by atoms with E-state index >= 15 is 0 Å². The maximum Gasteiger partial charge on any atom is 0.144 e. The van der Waals surface area contributed by atoms with Gasteiger partial charge in [0.2, 0.25) is 0 Å². The van der Waals surface area contributed by atoms with Gasteiger partial charge in [-0.05, 0) is 104 Å². The first-order valence-corrected chi connectivity index (χ1v) is 21.3. The van der Waals surface area contributed by atoms with Crippen LogP contribution < -0.4 is 4.90 Å². The molecule has 290 valence electrons. The zero-order valence-electron chi connectivity index (χ0n) is 34.5. The summed E-state index contributed by atoms with van der Waals surface area (Å²) in [6, 6.07) is 64.3. The van der Waals surface area contributed by atoms with Crippen LogP contribution in [0.4, 0.5) is 17.1 Å². The van der Waals surface area contributed by atoms with Gasteiger partial charge in [-0.2, -0.15) is 0 Å². The van der Waals surface area contributed by atoms with E-state index in [1.807, 2.05) is 6.07 Å². The van der Waals surface area contributed by atoms with Crippen LogP contribution in [0.25, 0.3) is 88.0 Å². The zero-order valence-corrected chi connectivity index (χ0v) is 34.5. The van der Waals surface area contributed by atoms with E-state index in [0.29, 0.717) is 0 Å². The summed E-state index contributed by atoms with van der Waals surface area (Å²) in [7, 11) is 0. The molecule has 0 saturated heterocycles. The molecule has 0 saturated carbocycles. The predicted molar refractivity (Wildman–Crippen MR) is 254 cm³/mol. The molecule has 3 nitrogen and oxygen atoms in total. The van der Waals surface area contributed by atoms with E-state index in [1.54, 1.807) is 0 Å². The van der Waals surface area contributed by atoms with Crippen molar-refractivity contribution in [1.29, 1.82) is 0 Å². The molecule has 0 fully saturated rings. The minimum absolute atomic E-state index is 0.158. The van der Waals surface area contributed by atoms with Crippen molar-refractivity contribution in [3.63, 3.8) is 0 Å². The molecule has 0 unspecified atom stereocenters. The Morgan fingerprint density at radius 2 is 0.902 bits per heavy atom. The molecule has 13 rings (SSSR count). The molecule has 2 heterocycles. The Morgan fingerprint density at radius 1 is 0.377 bits per heavy atom. The lowest BCUT2D eigenvalue weighted by atomic mass is 9.82. The second kappa shape index (κ2) is 12.1. The summed E-state index contributed by atoms with van der Waals surface area (Å²) in [5, 5.41) is 6.63. The van der Waals surface area contributed by atoms with Gasteiger partial charge in [0.25, 0.3) is 0 Å². The second-order valence-electron chi connectivity index (χ2n) is 18.0. The summed E-state index contributed by atoms with van der Waals surface area (Å²) in [4.78, 5) is 2.48. The molecule has 0 spiro atoms. The average molecular weight is 784 g/mol. The molecule has 11 aromatic rings. The Morgan fingerprint density at radius 3 is 1.61 bits per heavy atom. The van der Waals surface area contributed by atoms with Crippen molar-refractivity contribution in [1.82, 2.24) is 0 Å². The van der Waals surface area contributed by atoms with Crippen molar-refractivity contribution in [2.75, 3.05) is 4.90 Å².